The molecule has 0 aromatic carbocycles. The SMILES string of the molecule is CC1(OC2CCC3NNC(c4cc(N5CCN(C6CCCCC6)C(=O)C5)ncn4)C3C2)CC1. The van der Waals surface area contributed by atoms with Crippen molar-refractivity contribution in [3.8, 4) is 0 Å². The van der Waals surface area contributed by atoms with Crippen LogP contribution in [0.15, 0.2) is 12.4 Å². The summed E-state index contributed by atoms with van der Waals surface area (Å²) in [5.41, 5.74) is 8.17. The van der Waals surface area contributed by atoms with Crippen molar-refractivity contribution in [3.05, 3.63) is 18.1 Å². The van der Waals surface area contributed by atoms with Gasteiger partial charge in [0.25, 0.3) is 0 Å². The maximum atomic E-state index is 13.0. The molecule has 2 aliphatic heterocycles. The van der Waals surface area contributed by atoms with E-state index >= 15 is 0 Å². The van der Waals surface area contributed by atoms with Gasteiger partial charge in [0.1, 0.15) is 12.1 Å². The van der Waals surface area contributed by atoms with Crippen LogP contribution in [0, 0.1) is 5.92 Å². The lowest BCUT2D eigenvalue weighted by atomic mass is 9.79. The summed E-state index contributed by atoms with van der Waals surface area (Å²) in [6.07, 6.45) is 13.9. The molecule has 3 saturated carbocycles. The van der Waals surface area contributed by atoms with Crippen molar-refractivity contribution in [2.75, 3.05) is 24.5 Å². The molecule has 5 fully saturated rings. The molecule has 180 valence electrons. The topological polar surface area (TPSA) is 82.6 Å². The molecule has 8 heteroatoms. The average molecular weight is 455 g/mol. The van der Waals surface area contributed by atoms with Crippen LogP contribution < -0.4 is 15.8 Å². The Hall–Kier alpha value is -1.77. The number of nitrogens with zero attached hydrogens (tertiary/aromatic N) is 4. The predicted molar refractivity (Wildman–Crippen MR) is 125 cm³/mol. The summed E-state index contributed by atoms with van der Waals surface area (Å²) in [5.74, 6) is 1.57. The number of piperazine rings is 1. The highest BCUT2D eigenvalue weighted by molar-refractivity contribution is 5.82. The van der Waals surface area contributed by atoms with Gasteiger partial charge in [0, 0.05) is 37.2 Å². The number of aromatic nitrogens is 2. The Bertz CT molecular complexity index is 870. The van der Waals surface area contributed by atoms with Crippen LogP contribution in [-0.4, -0.2) is 64.2 Å². The number of ether oxygens (including phenoxy) is 1. The van der Waals surface area contributed by atoms with Crippen molar-refractivity contribution in [2.24, 2.45) is 5.92 Å². The molecule has 6 rings (SSSR count). The molecule has 33 heavy (non-hydrogen) atoms. The summed E-state index contributed by atoms with van der Waals surface area (Å²) in [5, 5.41) is 0. The number of fused-ring (bicyclic) bond motifs is 1. The summed E-state index contributed by atoms with van der Waals surface area (Å²) in [6, 6.07) is 3.15. The number of nitrogens with one attached hydrogen (secondary N) is 2. The van der Waals surface area contributed by atoms with Crippen LogP contribution in [0.3, 0.4) is 0 Å². The second-order valence-electron chi connectivity index (χ2n) is 11.1. The molecule has 2 N–H and O–H groups in total. The van der Waals surface area contributed by atoms with Gasteiger partial charge in [-0.25, -0.2) is 15.4 Å². The molecule has 4 unspecified atom stereocenters. The fourth-order valence-corrected chi connectivity index (χ4v) is 6.48. The number of hydrogen-bond acceptors (Lipinski definition) is 7. The number of amides is 1. The second kappa shape index (κ2) is 8.78. The fraction of sp³-hybridized carbons (Fsp3) is 0.800. The van der Waals surface area contributed by atoms with Gasteiger partial charge in [-0.3, -0.25) is 10.2 Å². The Balaban J connectivity index is 1.12. The molecule has 0 spiro atoms. The maximum Gasteiger partial charge on any atom is 0.242 e. The predicted octanol–water partition coefficient (Wildman–Crippen LogP) is 2.71. The van der Waals surface area contributed by atoms with E-state index in [0.717, 1.165) is 56.7 Å². The minimum absolute atomic E-state index is 0.126. The van der Waals surface area contributed by atoms with Crippen LogP contribution in [0.5, 0.6) is 0 Å². The van der Waals surface area contributed by atoms with Crippen LogP contribution in [0.25, 0.3) is 0 Å². The van der Waals surface area contributed by atoms with E-state index in [1.54, 1.807) is 6.33 Å². The van der Waals surface area contributed by atoms with Crippen molar-refractivity contribution in [2.45, 2.75) is 101 Å². The number of carbonyl (C=O) groups excluding carboxylic acids is 1. The zero-order chi connectivity index (χ0) is 22.4. The molecule has 3 aliphatic carbocycles. The lowest BCUT2D eigenvalue weighted by Gasteiger charge is -2.41. The Kier molecular flexibility index (Phi) is 5.79. The summed E-state index contributed by atoms with van der Waals surface area (Å²) in [7, 11) is 0. The zero-order valence-electron chi connectivity index (χ0n) is 19.8. The Morgan fingerprint density at radius 1 is 1.06 bits per heavy atom. The van der Waals surface area contributed by atoms with Crippen molar-refractivity contribution in [1.82, 2.24) is 25.7 Å². The van der Waals surface area contributed by atoms with E-state index in [9.17, 15) is 4.79 Å². The molecule has 1 aromatic heterocycles. The minimum Gasteiger partial charge on any atom is -0.372 e. The number of rotatable bonds is 5. The number of hydrazine groups is 1. The Labute approximate surface area is 196 Å². The van der Waals surface area contributed by atoms with Gasteiger partial charge in [0.15, 0.2) is 0 Å². The second-order valence-corrected chi connectivity index (χ2v) is 11.1. The minimum atomic E-state index is 0.126. The fourth-order valence-electron chi connectivity index (χ4n) is 6.48. The van der Waals surface area contributed by atoms with Gasteiger partial charge in [-0.2, -0.15) is 0 Å². The van der Waals surface area contributed by atoms with E-state index in [1.165, 1.54) is 32.1 Å². The largest absolute Gasteiger partial charge is 0.372 e. The number of carbonyl (C=O) groups is 1. The highest BCUT2D eigenvalue weighted by Gasteiger charge is 2.46. The first-order chi connectivity index (χ1) is 16.1. The summed E-state index contributed by atoms with van der Waals surface area (Å²) in [4.78, 5) is 26.4. The highest BCUT2D eigenvalue weighted by atomic mass is 16.5. The van der Waals surface area contributed by atoms with E-state index in [1.807, 2.05) is 0 Å². The smallest absolute Gasteiger partial charge is 0.242 e. The van der Waals surface area contributed by atoms with Gasteiger partial charge in [-0.1, -0.05) is 19.3 Å². The molecule has 5 aliphatic rings. The first-order valence-electron chi connectivity index (χ1n) is 13.1. The molecule has 1 aromatic rings. The van der Waals surface area contributed by atoms with Crippen LogP contribution in [0.4, 0.5) is 5.82 Å². The number of hydrogen-bond donors (Lipinski definition) is 2. The first kappa shape index (κ1) is 21.7. The molecule has 0 radical (unpaired) electrons. The third-order valence-electron chi connectivity index (χ3n) is 8.70. The lowest BCUT2D eigenvalue weighted by Crippen LogP contribution is -2.54. The molecular formula is C25H38N6O2. The van der Waals surface area contributed by atoms with Crippen molar-refractivity contribution >= 4 is 11.7 Å². The summed E-state index contributed by atoms with van der Waals surface area (Å²) >= 11 is 0. The average Bonchev–Trinajstić information content (AvgIpc) is 3.41. The van der Waals surface area contributed by atoms with Crippen LogP contribution in [-0.2, 0) is 9.53 Å². The Morgan fingerprint density at radius 2 is 1.91 bits per heavy atom. The molecule has 3 heterocycles. The van der Waals surface area contributed by atoms with E-state index in [0.29, 0.717) is 30.7 Å². The van der Waals surface area contributed by atoms with Crippen LogP contribution in [0.2, 0.25) is 0 Å². The summed E-state index contributed by atoms with van der Waals surface area (Å²) in [6.45, 7) is 4.31. The van der Waals surface area contributed by atoms with Crippen molar-refractivity contribution in [1.29, 1.82) is 0 Å². The van der Waals surface area contributed by atoms with E-state index in [2.05, 4.69) is 43.6 Å². The van der Waals surface area contributed by atoms with Crippen LogP contribution in [0.1, 0.15) is 82.9 Å². The molecule has 0 bridgehead atoms. The standard InChI is InChI=1S/C25H38N6O2/c1-25(9-10-25)33-18-7-8-20-19(13-18)24(29-28-20)21-14-22(27-16-26-21)30-11-12-31(23(32)15-30)17-5-3-2-4-6-17/h14,16-20,24,28-29H,2-13,15H2,1H3. The quantitative estimate of drug-likeness (QED) is 0.708. The third kappa shape index (κ3) is 4.49. The van der Waals surface area contributed by atoms with Gasteiger partial charge in [0.2, 0.25) is 5.91 Å². The van der Waals surface area contributed by atoms with Crippen molar-refractivity contribution in [3.63, 3.8) is 0 Å². The molecular weight excluding hydrogens is 416 g/mol. The van der Waals surface area contributed by atoms with Crippen LogP contribution >= 0.6 is 0 Å². The highest BCUT2D eigenvalue weighted by Crippen LogP contribution is 2.45. The molecule has 1 amide bonds. The molecule has 4 atom stereocenters. The van der Waals surface area contributed by atoms with Gasteiger partial charge < -0.3 is 14.5 Å². The van der Waals surface area contributed by atoms with Gasteiger partial charge in [0.05, 0.1) is 30.0 Å². The lowest BCUT2D eigenvalue weighted by molar-refractivity contribution is -0.134. The van der Waals surface area contributed by atoms with E-state index < -0.39 is 0 Å². The normalized spacial score (nSPS) is 34.4. The number of anilines is 1. The first-order valence-corrected chi connectivity index (χ1v) is 13.1. The van der Waals surface area contributed by atoms with Gasteiger partial charge in [-0.05, 0) is 51.9 Å². The maximum absolute atomic E-state index is 13.0. The summed E-state index contributed by atoms with van der Waals surface area (Å²) < 4.78 is 6.43. The zero-order valence-corrected chi connectivity index (χ0v) is 19.8. The van der Waals surface area contributed by atoms with Crippen molar-refractivity contribution < 1.29 is 9.53 Å². The van der Waals surface area contributed by atoms with E-state index in [-0.39, 0.29) is 17.6 Å². The Morgan fingerprint density at radius 3 is 2.70 bits per heavy atom. The monoisotopic (exact) mass is 454 g/mol. The molecule has 8 nitrogen and oxygen atoms in total. The van der Waals surface area contributed by atoms with Gasteiger partial charge in [-0.15, -0.1) is 0 Å². The third-order valence-corrected chi connectivity index (χ3v) is 8.70. The van der Waals surface area contributed by atoms with E-state index in [4.69, 9.17) is 4.74 Å². The van der Waals surface area contributed by atoms with Gasteiger partial charge >= 0.3 is 0 Å². The molecule has 2 saturated heterocycles.